The molecule has 1 fully saturated rings. The van der Waals surface area contributed by atoms with Crippen molar-refractivity contribution in [3.63, 3.8) is 0 Å². The molecule has 3 nitrogen and oxygen atoms in total. The Balaban J connectivity index is 1.66. The Bertz CT molecular complexity index is 410. The zero-order valence-electron chi connectivity index (χ0n) is 11.3. The molecule has 1 aromatic heterocycles. The minimum absolute atomic E-state index is 0.638. The van der Waals surface area contributed by atoms with Gasteiger partial charge in [0, 0.05) is 25.3 Å². The molecule has 1 aromatic rings. The van der Waals surface area contributed by atoms with Crippen molar-refractivity contribution in [3.8, 4) is 0 Å². The Morgan fingerprint density at radius 3 is 3.06 bits per heavy atom. The Morgan fingerprint density at radius 1 is 1.28 bits per heavy atom. The van der Waals surface area contributed by atoms with Gasteiger partial charge in [-0.15, -0.1) is 0 Å². The molecule has 0 radical (unpaired) electrons. The highest BCUT2D eigenvalue weighted by Gasteiger charge is 2.17. The van der Waals surface area contributed by atoms with Crippen LogP contribution in [0.4, 0.5) is 5.82 Å². The number of hydrogen-bond acceptors (Lipinski definition) is 3. The van der Waals surface area contributed by atoms with Gasteiger partial charge < -0.3 is 10.2 Å². The van der Waals surface area contributed by atoms with Gasteiger partial charge >= 0.3 is 0 Å². The molecule has 1 unspecified atom stereocenters. The quantitative estimate of drug-likeness (QED) is 0.884. The maximum atomic E-state index is 4.82. The second kappa shape index (κ2) is 5.27. The lowest BCUT2D eigenvalue weighted by Gasteiger charge is -2.29. The third-order valence-corrected chi connectivity index (χ3v) is 4.21. The van der Waals surface area contributed by atoms with Gasteiger partial charge in [-0.25, -0.2) is 4.98 Å². The predicted molar refractivity (Wildman–Crippen MR) is 75.2 cm³/mol. The number of anilines is 1. The summed E-state index contributed by atoms with van der Waals surface area (Å²) in [5.41, 5.74) is 2.79. The molecule has 2 heterocycles. The topological polar surface area (TPSA) is 28.2 Å². The summed E-state index contributed by atoms with van der Waals surface area (Å²) in [4.78, 5) is 7.12. The largest absolute Gasteiger partial charge is 0.358 e. The van der Waals surface area contributed by atoms with Crippen LogP contribution in [-0.4, -0.2) is 31.2 Å². The third-order valence-electron chi connectivity index (χ3n) is 4.21. The molecule has 3 heteroatoms. The second-order valence-electron chi connectivity index (χ2n) is 5.66. The molecule has 2 aliphatic rings. The number of hydrogen-bond donors (Lipinski definition) is 1. The van der Waals surface area contributed by atoms with Crippen LogP contribution in [0.2, 0.25) is 0 Å². The number of nitrogens with one attached hydrogen (secondary N) is 1. The first kappa shape index (κ1) is 12.0. The van der Waals surface area contributed by atoms with Gasteiger partial charge in [-0.2, -0.15) is 0 Å². The number of likely N-dealkylation sites (N-methyl/N-ethyl adjacent to an activating group) is 1. The molecule has 1 N–H and O–H groups in total. The van der Waals surface area contributed by atoms with Crippen LogP contribution in [0.15, 0.2) is 12.1 Å². The van der Waals surface area contributed by atoms with Crippen LogP contribution in [-0.2, 0) is 12.8 Å². The highest BCUT2D eigenvalue weighted by molar-refractivity contribution is 5.42. The zero-order chi connectivity index (χ0) is 12.4. The first-order chi connectivity index (χ1) is 8.83. The van der Waals surface area contributed by atoms with Crippen molar-refractivity contribution in [2.24, 2.45) is 0 Å². The lowest BCUT2D eigenvalue weighted by molar-refractivity contribution is 0.403. The molecular formula is C15H23N3. The minimum atomic E-state index is 0.638. The van der Waals surface area contributed by atoms with Crippen molar-refractivity contribution >= 4 is 5.82 Å². The molecule has 0 spiro atoms. The third kappa shape index (κ3) is 2.51. The van der Waals surface area contributed by atoms with Gasteiger partial charge in [-0.3, -0.25) is 0 Å². The molecule has 1 atom stereocenters. The van der Waals surface area contributed by atoms with E-state index in [-0.39, 0.29) is 0 Å². The van der Waals surface area contributed by atoms with E-state index in [1.165, 1.54) is 56.3 Å². The molecular weight excluding hydrogens is 222 g/mol. The van der Waals surface area contributed by atoms with Crippen LogP contribution in [0, 0.1) is 0 Å². The number of piperidine rings is 1. The molecule has 0 bridgehead atoms. The summed E-state index contributed by atoms with van der Waals surface area (Å²) in [5.74, 6) is 1.14. The fourth-order valence-electron chi connectivity index (χ4n) is 3.13. The molecule has 1 aliphatic carbocycles. The van der Waals surface area contributed by atoms with Crippen LogP contribution in [0.25, 0.3) is 0 Å². The maximum absolute atomic E-state index is 4.82. The van der Waals surface area contributed by atoms with E-state index in [9.17, 15) is 0 Å². The smallest absolute Gasteiger partial charge is 0.128 e. The number of aryl methyl sites for hydroxylation is 2. The van der Waals surface area contributed by atoms with Crippen LogP contribution >= 0.6 is 0 Å². The summed E-state index contributed by atoms with van der Waals surface area (Å²) >= 11 is 0. The SMILES string of the molecule is CN(CC1CCCCN1)c1ccc2c(n1)CCC2. The summed E-state index contributed by atoms with van der Waals surface area (Å²) in [6, 6.07) is 5.10. The van der Waals surface area contributed by atoms with Crippen LogP contribution in [0.3, 0.4) is 0 Å². The lowest BCUT2D eigenvalue weighted by Crippen LogP contribution is -2.42. The Morgan fingerprint density at radius 2 is 2.22 bits per heavy atom. The number of fused-ring (bicyclic) bond motifs is 1. The van der Waals surface area contributed by atoms with E-state index in [2.05, 4.69) is 29.4 Å². The Labute approximate surface area is 110 Å². The van der Waals surface area contributed by atoms with E-state index < -0.39 is 0 Å². The van der Waals surface area contributed by atoms with Crippen molar-refractivity contribution in [1.82, 2.24) is 10.3 Å². The van der Waals surface area contributed by atoms with Crippen molar-refractivity contribution in [1.29, 1.82) is 0 Å². The van der Waals surface area contributed by atoms with Crippen LogP contribution in [0.1, 0.15) is 36.9 Å². The summed E-state index contributed by atoms with van der Waals surface area (Å²) in [5, 5.41) is 3.60. The standard InChI is InChI=1S/C15H23N3/c1-18(11-13-6-2-3-10-16-13)15-9-8-12-5-4-7-14(12)17-15/h8-9,13,16H,2-7,10-11H2,1H3. The Hall–Kier alpha value is -1.09. The summed E-state index contributed by atoms with van der Waals surface area (Å²) in [6.45, 7) is 2.25. The van der Waals surface area contributed by atoms with Gasteiger partial charge in [0.15, 0.2) is 0 Å². The fourth-order valence-corrected chi connectivity index (χ4v) is 3.13. The Kier molecular flexibility index (Phi) is 3.50. The van der Waals surface area contributed by atoms with Crippen LogP contribution < -0.4 is 10.2 Å². The monoisotopic (exact) mass is 245 g/mol. The first-order valence-electron chi connectivity index (χ1n) is 7.26. The molecule has 3 rings (SSSR count). The number of pyridine rings is 1. The van der Waals surface area contributed by atoms with Crippen molar-refractivity contribution in [2.45, 2.75) is 44.6 Å². The highest BCUT2D eigenvalue weighted by atomic mass is 15.2. The molecule has 98 valence electrons. The molecule has 1 saturated heterocycles. The number of aromatic nitrogens is 1. The zero-order valence-corrected chi connectivity index (χ0v) is 11.3. The maximum Gasteiger partial charge on any atom is 0.128 e. The average Bonchev–Trinajstić information content (AvgIpc) is 2.87. The molecule has 0 amide bonds. The van der Waals surface area contributed by atoms with E-state index in [1.807, 2.05) is 0 Å². The molecule has 1 aliphatic heterocycles. The van der Waals surface area contributed by atoms with Crippen molar-refractivity contribution < 1.29 is 0 Å². The second-order valence-corrected chi connectivity index (χ2v) is 5.66. The van der Waals surface area contributed by atoms with Gasteiger partial charge in [-0.1, -0.05) is 12.5 Å². The van der Waals surface area contributed by atoms with Gasteiger partial charge in [0.25, 0.3) is 0 Å². The number of nitrogens with zero attached hydrogens (tertiary/aromatic N) is 2. The average molecular weight is 245 g/mol. The van der Waals surface area contributed by atoms with Crippen molar-refractivity contribution in [2.75, 3.05) is 25.0 Å². The highest BCUT2D eigenvalue weighted by Crippen LogP contribution is 2.23. The number of rotatable bonds is 3. The van der Waals surface area contributed by atoms with E-state index in [0.29, 0.717) is 6.04 Å². The summed E-state index contributed by atoms with van der Waals surface area (Å²) in [6.07, 6.45) is 7.66. The normalized spacial score (nSPS) is 22.8. The summed E-state index contributed by atoms with van der Waals surface area (Å²) in [7, 11) is 2.17. The van der Waals surface area contributed by atoms with Crippen LogP contribution in [0.5, 0.6) is 0 Å². The predicted octanol–water partition coefficient (Wildman–Crippen LogP) is 2.15. The van der Waals surface area contributed by atoms with Crippen molar-refractivity contribution in [3.05, 3.63) is 23.4 Å². The van der Waals surface area contributed by atoms with E-state index in [4.69, 9.17) is 4.98 Å². The van der Waals surface area contributed by atoms with Gasteiger partial charge in [0.2, 0.25) is 0 Å². The van der Waals surface area contributed by atoms with E-state index in [1.54, 1.807) is 0 Å². The molecule has 18 heavy (non-hydrogen) atoms. The summed E-state index contributed by atoms with van der Waals surface area (Å²) < 4.78 is 0. The van der Waals surface area contributed by atoms with E-state index >= 15 is 0 Å². The van der Waals surface area contributed by atoms with Gasteiger partial charge in [0.1, 0.15) is 5.82 Å². The lowest BCUT2D eigenvalue weighted by atomic mass is 10.0. The fraction of sp³-hybridized carbons (Fsp3) is 0.667. The first-order valence-corrected chi connectivity index (χ1v) is 7.26. The van der Waals surface area contributed by atoms with Gasteiger partial charge in [0.05, 0.1) is 0 Å². The minimum Gasteiger partial charge on any atom is -0.358 e. The molecule has 0 saturated carbocycles. The van der Waals surface area contributed by atoms with E-state index in [0.717, 1.165) is 12.4 Å². The molecule has 0 aromatic carbocycles. The van der Waals surface area contributed by atoms with Gasteiger partial charge in [-0.05, 0) is 50.3 Å².